The molecule has 0 atom stereocenters. The highest BCUT2D eigenvalue weighted by atomic mass is 32.1. The van der Waals surface area contributed by atoms with Gasteiger partial charge in [0.25, 0.3) is 0 Å². The molecule has 4 aromatic rings. The summed E-state index contributed by atoms with van der Waals surface area (Å²) in [5.74, 6) is 1.93. The summed E-state index contributed by atoms with van der Waals surface area (Å²) in [5, 5.41) is 14.0. The molecule has 3 aromatic carbocycles. The van der Waals surface area contributed by atoms with Crippen LogP contribution in [0.2, 0.25) is 0 Å². The van der Waals surface area contributed by atoms with Crippen molar-refractivity contribution >= 4 is 27.2 Å². The number of nitrogens with one attached hydrogen (secondary N) is 1. The monoisotopic (exact) mass is 461 g/mol. The van der Waals surface area contributed by atoms with E-state index in [1.807, 2.05) is 55.5 Å². The zero-order valence-corrected chi connectivity index (χ0v) is 19.6. The van der Waals surface area contributed by atoms with E-state index in [0.29, 0.717) is 28.5 Å². The molecule has 0 fully saturated rings. The lowest BCUT2D eigenvalue weighted by Gasteiger charge is -2.10. The first-order valence-corrected chi connectivity index (χ1v) is 11.8. The number of carbonyl (C=O) groups is 1. The summed E-state index contributed by atoms with van der Waals surface area (Å²) in [6.07, 6.45) is 0.935. The molecule has 6 heteroatoms. The Morgan fingerprint density at radius 2 is 1.73 bits per heavy atom. The Labute approximate surface area is 197 Å². The van der Waals surface area contributed by atoms with E-state index in [-0.39, 0.29) is 11.5 Å². The normalized spacial score (nSPS) is 11.0. The van der Waals surface area contributed by atoms with Gasteiger partial charge in [-0.2, -0.15) is 0 Å². The maximum Gasteiger partial charge on any atom is 0.206 e. The minimum atomic E-state index is -0.105. The molecule has 0 saturated heterocycles. The smallest absolute Gasteiger partial charge is 0.206 e. The number of thiophene rings is 1. The Kier molecular flexibility index (Phi) is 7.27. The van der Waals surface area contributed by atoms with Crippen LogP contribution < -0.4 is 14.8 Å². The van der Waals surface area contributed by atoms with Crippen molar-refractivity contribution in [2.24, 2.45) is 0 Å². The van der Waals surface area contributed by atoms with Gasteiger partial charge in [-0.25, -0.2) is 0 Å². The lowest BCUT2D eigenvalue weighted by Crippen LogP contribution is -2.16. The highest BCUT2D eigenvalue weighted by Gasteiger charge is 2.22. The lowest BCUT2D eigenvalue weighted by atomic mass is 10.1. The first-order chi connectivity index (χ1) is 16.0. The summed E-state index contributed by atoms with van der Waals surface area (Å²) >= 11 is 1.32. The highest BCUT2D eigenvalue weighted by molar-refractivity contribution is 7.21. The van der Waals surface area contributed by atoms with Gasteiger partial charge >= 0.3 is 0 Å². The van der Waals surface area contributed by atoms with Crippen LogP contribution in [0.3, 0.4) is 0 Å². The number of benzene rings is 3. The molecule has 0 unspecified atom stereocenters. The van der Waals surface area contributed by atoms with Crippen LogP contribution >= 0.6 is 11.3 Å². The maximum absolute atomic E-state index is 13.3. The molecule has 170 valence electrons. The van der Waals surface area contributed by atoms with E-state index in [4.69, 9.17) is 9.47 Å². The topological polar surface area (TPSA) is 67.8 Å². The van der Waals surface area contributed by atoms with Gasteiger partial charge in [0.05, 0.1) is 6.61 Å². The van der Waals surface area contributed by atoms with Gasteiger partial charge in [-0.1, -0.05) is 36.8 Å². The Morgan fingerprint density at radius 1 is 1.00 bits per heavy atom. The predicted molar refractivity (Wildman–Crippen MR) is 133 cm³/mol. The summed E-state index contributed by atoms with van der Waals surface area (Å²) in [4.78, 5) is 13.8. The molecule has 1 heterocycles. The van der Waals surface area contributed by atoms with Crippen LogP contribution in [0.15, 0.2) is 66.7 Å². The average Bonchev–Trinajstić information content (AvgIpc) is 3.17. The van der Waals surface area contributed by atoms with Crippen molar-refractivity contribution < 1.29 is 19.4 Å². The fraction of sp³-hybridized carbons (Fsp3) is 0.222. The van der Waals surface area contributed by atoms with Crippen LogP contribution in [-0.2, 0) is 0 Å². The fourth-order valence-corrected chi connectivity index (χ4v) is 4.56. The van der Waals surface area contributed by atoms with Gasteiger partial charge in [-0.15, -0.1) is 11.3 Å². The molecule has 0 aliphatic heterocycles. The van der Waals surface area contributed by atoms with Gasteiger partial charge in [0.2, 0.25) is 5.78 Å². The molecule has 4 rings (SSSR count). The number of hydrogen-bond acceptors (Lipinski definition) is 6. The van der Waals surface area contributed by atoms with Crippen molar-refractivity contribution in [2.45, 2.75) is 20.3 Å². The maximum atomic E-state index is 13.3. The molecule has 0 bridgehead atoms. The number of phenolic OH excluding ortho intramolecular Hbond substituents is 1. The zero-order valence-electron chi connectivity index (χ0n) is 18.8. The van der Waals surface area contributed by atoms with E-state index >= 15 is 0 Å². The van der Waals surface area contributed by atoms with Gasteiger partial charge in [-0.3, -0.25) is 4.79 Å². The third-order valence-corrected chi connectivity index (χ3v) is 6.34. The van der Waals surface area contributed by atoms with Crippen molar-refractivity contribution in [2.75, 3.05) is 19.7 Å². The first-order valence-electron chi connectivity index (χ1n) is 11.0. The molecule has 0 amide bonds. The number of ether oxygens (including phenoxy) is 2. The van der Waals surface area contributed by atoms with Crippen LogP contribution in [-0.4, -0.2) is 30.6 Å². The second kappa shape index (κ2) is 10.5. The minimum absolute atomic E-state index is 0.105. The third-order valence-electron chi connectivity index (χ3n) is 5.21. The highest BCUT2D eigenvalue weighted by Crippen LogP contribution is 2.42. The number of phenols is 1. The summed E-state index contributed by atoms with van der Waals surface area (Å²) in [6, 6.07) is 19.9. The molecule has 5 nitrogen and oxygen atoms in total. The van der Waals surface area contributed by atoms with Gasteiger partial charge < -0.3 is 19.9 Å². The van der Waals surface area contributed by atoms with E-state index in [1.165, 1.54) is 11.3 Å². The largest absolute Gasteiger partial charge is 0.508 e. The van der Waals surface area contributed by atoms with E-state index < -0.39 is 0 Å². The van der Waals surface area contributed by atoms with Gasteiger partial charge in [0.15, 0.2) is 5.75 Å². The van der Waals surface area contributed by atoms with Crippen molar-refractivity contribution in [1.29, 1.82) is 0 Å². The van der Waals surface area contributed by atoms with Crippen LogP contribution in [0, 0.1) is 6.92 Å². The van der Waals surface area contributed by atoms with E-state index in [2.05, 4.69) is 12.2 Å². The Bertz CT molecular complexity index is 1230. The second-order valence-electron chi connectivity index (χ2n) is 7.76. The number of aryl methyl sites for hydroxylation is 1. The number of carbonyl (C=O) groups excluding carboxylic acids is 1. The van der Waals surface area contributed by atoms with Crippen molar-refractivity contribution in [3.63, 3.8) is 0 Å². The molecule has 0 saturated carbocycles. The molecule has 2 N–H and O–H groups in total. The third kappa shape index (κ3) is 5.53. The Balaban J connectivity index is 1.58. The van der Waals surface area contributed by atoms with Gasteiger partial charge in [0, 0.05) is 15.6 Å². The van der Waals surface area contributed by atoms with E-state index in [9.17, 15) is 9.90 Å². The van der Waals surface area contributed by atoms with Gasteiger partial charge in [0.1, 0.15) is 22.1 Å². The predicted octanol–water partition coefficient (Wildman–Crippen LogP) is 6.32. The van der Waals surface area contributed by atoms with Crippen LogP contribution in [0.1, 0.15) is 34.1 Å². The summed E-state index contributed by atoms with van der Waals surface area (Å²) in [7, 11) is 0. The SMILES string of the molecule is CCNCCCOc1ccc(Oc2c(C(=O)c3ccc(C)cc3)sc3cc(O)ccc23)cc1. The Morgan fingerprint density at radius 3 is 2.45 bits per heavy atom. The molecule has 1 aromatic heterocycles. The standard InChI is InChI=1S/C27H27NO4S/c1-3-28-15-4-16-31-21-10-12-22(13-11-21)32-26-23-14-9-20(29)17-24(23)33-27(26)25(30)19-7-5-18(2)6-8-19/h5-14,17,28-29H,3-4,15-16H2,1-2H3. The van der Waals surface area contributed by atoms with Crippen molar-refractivity contribution in [3.05, 3.63) is 82.7 Å². The summed E-state index contributed by atoms with van der Waals surface area (Å²) in [6.45, 7) is 6.59. The zero-order chi connectivity index (χ0) is 23.2. The van der Waals surface area contributed by atoms with E-state index in [0.717, 1.165) is 40.9 Å². The van der Waals surface area contributed by atoms with Crippen LogP contribution in [0.5, 0.6) is 23.0 Å². The number of hydrogen-bond donors (Lipinski definition) is 2. The lowest BCUT2D eigenvalue weighted by molar-refractivity contribution is 0.104. The average molecular weight is 462 g/mol. The quantitative estimate of drug-likeness (QED) is 0.214. The molecular weight excluding hydrogens is 434 g/mol. The van der Waals surface area contributed by atoms with E-state index in [1.54, 1.807) is 18.2 Å². The van der Waals surface area contributed by atoms with Crippen molar-refractivity contribution in [1.82, 2.24) is 5.32 Å². The van der Waals surface area contributed by atoms with Gasteiger partial charge in [-0.05, 0) is 68.9 Å². The fourth-order valence-electron chi connectivity index (χ4n) is 3.43. The van der Waals surface area contributed by atoms with Crippen LogP contribution in [0.4, 0.5) is 0 Å². The molecular formula is C27H27NO4S. The summed E-state index contributed by atoms with van der Waals surface area (Å²) in [5.41, 5.74) is 1.69. The second-order valence-corrected chi connectivity index (χ2v) is 8.82. The number of rotatable bonds is 10. The minimum Gasteiger partial charge on any atom is -0.508 e. The number of fused-ring (bicyclic) bond motifs is 1. The van der Waals surface area contributed by atoms with Crippen molar-refractivity contribution in [3.8, 4) is 23.0 Å². The molecule has 0 spiro atoms. The number of ketones is 1. The van der Waals surface area contributed by atoms with Crippen LogP contribution in [0.25, 0.3) is 10.1 Å². The molecule has 0 aliphatic carbocycles. The Hall–Kier alpha value is -3.35. The molecule has 0 aliphatic rings. The first kappa shape index (κ1) is 22.8. The summed E-state index contributed by atoms with van der Waals surface area (Å²) < 4.78 is 12.8. The number of aromatic hydroxyl groups is 1. The molecule has 0 radical (unpaired) electrons. The molecule has 33 heavy (non-hydrogen) atoms.